The van der Waals surface area contributed by atoms with Crippen LogP contribution in [0.15, 0.2) is 78.4 Å². The molecule has 0 unspecified atom stereocenters. The second-order valence-corrected chi connectivity index (χ2v) is 10.8. The van der Waals surface area contributed by atoms with E-state index in [1.165, 1.54) is 43.8 Å². The van der Waals surface area contributed by atoms with Crippen LogP contribution in [0.5, 0.6) is 0 Å². The maximum atomic E-state index is 4.34. The molecule has 24 heavy (non-hydrogen) atoms. The third-order valence-corrected chi connectivity index (χ3v) is 8.61. The number of halogens is 2. The first-order chi connectivity index (χ1) is 10.00. The molecule has 0 aromatic rings. The van der Waals surface area contributed by atoms with Gasteiger partial charge < -0.3 is 24.8 Å². The fraction of sp³-hybridized carbons (Fsp3) is 0.222. The molecular formula is C18H18Cl2N2SiZr. The Hall–Kier alpha value is -0.540. The van der Waals surface area contributed by atoms with Gasteiger partial charge in [0, 0.05) is 47.1 Å². The van der Waals surface area contributed by atoms with E-state index < -0.39 is 8.07 Å². The number of allylic oxidation sites excluding steroid dienone is 10. The molecule has 0 aromatic carbocycles. The predicted molar refractivity (Wildman–Crippen MR) is 92.2 cm³/mol. The average Bonchev–Trinajstić information content (AvgIpc) is 3.07. The van der Waals surface area contributed by atoms with Gasteiger partial charge in [0.1, 0.15) is 8.07 Å². The fourth-order valence-corrected chi connectivity index (χ4v) is 8.27. The Balaban J connectivity index is 0.000000960. The van der Waals surface area contributed by atoms with Gasteiger partial charge in [-0.05, 0) is 36.4 Å². The molecule has 0 N–H and O–H groups in total. The minimum absolute atomic E-state index is 0. The summed E-state index contributed by atoms with van der Waals surface area (Å²) in [5.41, 5.74) is 8.07. The van der Waals surface area contributed by atoms with Gasteiger partial charge in [0.25, 0.3) is 0 Å². The molecule has 0 saturated heterocycles. The number of fused-ring (bicyclic) bond motifs is 2. The molecule has 122 valence electrons. The smallest absolute Gasteiger partial charge is 1.00 e. The maximum absolute atomic E-state index is 4.34. The van der Waals surface area contributed by atoms with Crippen LogP contribution in [0.3, 0.4) is 0 Å². The molecule has 0 spiro atoms. The molecule has 0 bridgehead atoms. The van der Waals surface area contributed by atoms with E-state index in [1.807, 2.05) is 24.8 Å². The molecule has 4 aliphatic rings. The van der Waals surface area contributed by atoms with Crippen molar-refractivity contribution in [3.8, 4) is 0 Å². The van der Waals surface area contributed by atoms with E-state index in [9.17, 15) is 0 Å². The number of nitrogens with zero attached hydrogens (tertiary/aromatic N) is 2. The van der Waals surface area contributed by atoms with Gasteiger partial charge in [-0.1, -0.05) is 24.2 Å². The van der Waals surface area contributed by atoms with Crippen LogP contribution in [0.2, 0.25) is 13.1 Å². The third kappa shape index (κ3) is 2.92. The van der Waals surface area contributed by atoms with Gasteiger partial charge in [-0.15, -0.1) is 0 Å². The Kier molecular flexibility index (Phi) is 6.60. The van der Waals surface area contributed by atoms with E-state index in [4.69, 9.17) is 0 Å². The van der Waals surface area contributed by atoms with Crippen molar-refractivity contribution < 1.29 is 51.0 Å². The maximum Gasteiger partial charge on any atom is 2.00 e. The SMILES string of the molecule is CC1=C([Si](C)(C)C2=C(C)C=C3C=NC=C32)C2=CN=CC2=C1.[Cl-].[Cl-].[Zr+2]. The van der Waals surface area contributed by atoms with E-state index in [0.29, 0.717) is 0 Å². The van der Waals surface area contributed by atoms with Crippen LogP contribution >= 0.6 is 0 Å². The molecule has 0 fully saturated rings. The van der Waals surface area contributed by atoms with E-state index in [-0.39, 0.29) is 51.0 Å². The zero-order chi connectivity index (χ0) is 14.8. The summed E-state index contributed by atoms with van der Waals surface area (Å²) in [7, 11) is -1.78. The fourth-order valence-electron chi connectivity index (χ4n) is 4.14. The van der Waals surface area contributed by atoms with Gasteiger partial charge >= 0.3 is 26.2 Å². The normalized spacial score (nSPS) is 19.8. The molecule has 0 amide bonds. The summed E-state index contributed by atoms with van der Waals surface area (Å²) < 4.78 is 0. The van der Waals surface area contributed by atoms with Crippen molar-refractivity contribution in [3.63, 3.8) is 0 Å². The first kappa shape index (κ1) is 21.5. The van der Waals surface area contributed by atoms with Crippen LogP contribution in [0, 0.1) is 0 Å². The van der Waals surface area contributed by atoms with Crippen LogP contribution in [0.25, 0.3) is 0 Å². The summed E-state index contributed by atoms with van der Waals surface area (Å²) in [6.07, 6.45) is 12.6. The summed E-state index contributed by atoms with van der Waals surface area (Å²) in [5, 5.41) is 3.07. The average molecular weight is 453 g/mol. The van der Waals surface area contributed by atoms with Gasteiger partial charge in [-0.25, -0.2) is 0 Å². The summed E-state index contributed by atoms with van der Waals surface area (Å²) in [6.45, 7) is 9.39. The van der Waals surface area contributed by atoms with Crippen LogP contribution in [0.4, 0.5) is 0 Å². The Morgan fingerprint density at radius 2 is 1.12 bits per heavy atom. The summed E-state index contributed by atoms with van der Waals surface area (Å²) in [6, 6.07) is 0. The van der Waals surface area contributed by atoms with Gasteiger partial charge in [0.2, 0.25) is 0 Å². The third-order valence-electron chi connectivity index (χ3n) is 4.78. The molecule has 2 heterocycles. The van der Waals surface area contributed by atoms with Crippen molar-refractivity contribution >= 4 is 20.5 Å². The van der Waals surface area contributed by atoms with Crippen molar-refractivity contribution in [1.82, 2.24) is 0 Å². The van der Waals surface area contributed by atoms with Gasteiger partial charge in [-0.2, -0.15) is 0 Å². The number of hydrogen-bond donors (Lipinski definition) is 0. The summed E-state index contributed by atoms with van der Waals surface area (Å²) in [5.74, 6) is 0. The number of aliphatic imine (C=N–C) groups is 2. The van der Waals surface area contributed by atoms with Crippen molar-refractivity contribution in [3.05, 3.63) is 68.4 Å². The minimum Gasteiger partial charge on any atom is -1.00 e. The van der Waals surface area contributed by atoms with Gasteiger partial charge in [-0.3, -0.25) is 9.98 Å². The first-order valence-electron chi connectivity index (χ1n) is 7.34. The number of hydrogen-bond acceptors (Lipinski definition) is 2. The van der Waals surface area contributed by atoms with Crippen molar-refractivity contribution in [2.75, 3.05) is 0 Å². The van der Waals surface area contributed by atoms with Crippen LogP contribution in [-0.4, -0.2) is 20.5 Å². The largest absolute Gasteiger partial charge is 2.00 e. The second kappa shape index (κ2) is 7.37. The van der Waals surface area contributed by atoms with Crippen molar-refractivity contribution in [2.24, 2.45) is 9.98 Å². The van der Waals surface area contributed by atoms with E-state index in [2.05, 4.69) is 49.1 Å². The second-order valence-electron chi connectivity index (χ2n) is 6.58. The zero-order valence-electron chi connectivity index (χ0n) is 14.1. The molecule has 0 aromatic heterocycles. The monoisotopic (exact) mass is 450 g/mol. The van der Waals surface area contributed by atoms with Gasteiger partial charge in [0.15, 0.2) is 0 Å². The Morgan fingerprint density at radius 3 is 1.50 bits per heavy atom. The Labute approximate surface area is 176 Å². The van der Waals surface area contributed by atoms with Crippen molar-refractivity contribution in [1.29, 1.82) is 0 Å². The standard InChI is InChI=1S/C18H18N2Si.2ClH.Zr/c1-11-5-13-7-19-9-15(13)17(11)21(3,4)18-12(2)6-14-8-20-10-16(14)18;;;/h5-10H,1-4H3;2*1H;/q;;;+2/p-2. The Morgan fingerprint density at radius 1 is 0.750 bits per heavy atom. The molecular weight excluding hydrogens is 434 g/mol. The zero-order valence-corrected chi connectivity index (χ0v) is 19.1. The minimum atomic E-state index is -1.78. The van der Waals surface area contributed by atoms with Crippen LogP contribution < -0.4 is 24.8 Å². The van der Waals surface area contributed by atoms with Crippen LogP contribution in [-0.2, 0) is 26.2 Å². The quantitative estimate of drug-likeness (QED) is 0.443. The molecule has 2 aliphatic heterocycles. The molecule has 0 atom stereocenters. The van der Waals surface area contributed by atoms with E-state index in [1.54, 1.807) is 0 Å². The molecule has 0 radical (unpaired) electrons. The van der Waals surface area contributed by atoms with E-state index in [0.717, 1.165) is 0 Å². The van der Waals surface area contributed by atoms with E-state index >= 15 is 0 Å². The van der Waals surface area contributed by atoms with Gasteiger partial charge in [0.05, 0.1) is 0 Å². The first-order valence-corrected chi connectivity index (χ1v) is 10.3. The Bertz CT molecular complexity index is 769. The molecule has 2 nitrogen and oxygen atoms in total. The molecule has 0 saturated carbocycles. The summed E-state index contributed by atoms with van der Waals surface area (Å²) >= 11 is 0. The number of rotatable bonds is 2. The predicted octanol–water partition coefficient (Wildman–Crippen LogP) is -1.77. The summed E-state index contributed by atoms with van der Waals surface area (Å²) in [4.78, 5) is 8.69. The molecule has 2 aliphatic carbocycles. The van der Waals surface area contributed by atoms with Crippen molar-refractivity contribution in [2.45, 2.75) is 26.9 Å². The molecule has 4 rings (SSSR count). The molecule has 6 heteroatoms. The topological polar surface area (TPSA) is 24.7 Å². The van der Waals surface area contributed by atoms with Crippen LogP contribution in [0.1, 0.15) is 13.8 Å².